The third-order valence-electron chi connectivity index (χ3n) is 1.61. The molecule has 5 heteroatoms. The van der Waals surface area contributed by atoms with Gasteiger partial charge in [0.25, 0.3) is 0 Å². The van der Waals surface area contributed by atoms with Crippen LogP contribution in [0.3, 0.4) is 0 Å². The fourth-order valence-electron chi connectivity index (χ4n) is 1.06. The van der Waals surface area contributed by atoms with Crippen LogP contribution in [0.5, 0.6) is 0 Å². The van der Waals surface area contributed by atoms with E-state index < -0.39 is 0 Å². The molecule has 0 fully saturated rings. The van der Waals surface area contributed by atoms with Gasteiger partial charge in [0.2, 0.25) is 0 Å². The molecule has 0 amide bonds. The number of hydrogen-bond donors (Lipinski definition) is 1. The number of hydrogen-bond acceptors (Lipinski definition) is 4. The molecule has 0 spiro atoms. The van der Waals surface area contributed by atoms with Gasteiger partial charge in [0.05, 0.1) is 11.1 Å². The molecular formula is C7H8ClN3S. The summed E-state index contributed by atoms with van der Waals surface area (Å²) in [7, 11) is 0. The van der Waals surface area contributed by atoms with Crippen LogP contribution in [-0.4, -0.2) is 23.9 Å². The van der Waals surface area contributed by atoms with Crippen LogP contribution in [0.1, 0.15) is 11.3 Å². The van der Waals surface area contributed by atoms with Crippen molar-refractivity contribution in [3.8, 4) is 0 Å². The van der Waals surface area contributed by atoms with Crippen molar-refractivity contribution >= 4 is 28.8 Å². The molecule has 2 heterocycles. The molecule has 1 aliphatic rings. The van der Waals surface area contributed by atoms with Gasteiger partial charge < -0.3 is 5.32 Å². The van der Waals surface area contributed by atoms with Crippen LogP contribution in [0.2, 0.25) is 4.47 Å². The lowest BCUT2D eigenvalue weighted by Gasteiger charge is -2.11. The quantitative estimate of drug-likeness (QED) is 0.749. The predicted octanol–water partition coefficient (Wildman–Crippen LogP) is 1.54. The highest BCUT2D eigenvalue weighted by molar-refractivity contribution is 7.17. The largest absolute Gasteiger partial charge is 0.369 e. The van der Waals surface area contributed by atoms with Gasteiger partial charge in [0.15, 0.2) is 4.47 Å². The van der Waals surface area contributed by atoms with E-state index in [4.69, 9.17) is 11.6 Å². The molecule has 12 heavy (non-hydrogen) atoms. The van der Waals surface area contributed by atoms with Gasteiger partial charge in [0.1, 0.15) is 5.84 Å². The number of halogens is 1. The molecule has 64 valence electrons. The highest BCUT2D eigenvalue weighted by Crippen LogP contribution is 2.18. The van der Waals surface area contributed by atoms with E-state index in [0.29, 0.717) is 4.47 Å². The Morgan fingerprint density at radius 2 is 2.50 bits per heavy atom. The molecule has 0 saturated carbocycles. The molecule has 0 aliphatic carbocycles. The number of rotatable bonds is 1. The zero-order valence-electron chi connectivity index (χ0n) is 6.38. The van der Waals surface area contributed by atoms with Crippen molar-refractivity contribution in [3.05, 3.63) is 15.5 Å². The minimum absolute atomic E-state index is 0.570. The topological polar surface area (TPSA) is 37.3 Å². The summed E-state index contributed by atoms with van der Waals surface area (Å²) in [5.74, 6) is 0.936. The lowest BCUT2D eigenvalue weighted by molar-refractivity contribution is 0.743. The summed E-state index contributed by atoms with van der Waals surface area (Å²) in [5, 5.41) is 3.21. The van der Waals surface area contributed by atoms with E-state index in [-0.39, 0.29) is 0 Å². The molecule has 0 atom stereocenters. The Hall–Kier alpha value is -0.610. The average Bonchev–Trinajstić information content (AvgIpc) is 2.54. The van der Waals surface area contributed by atoms with Crippen molar-refractivity contribution in [1.82, 2.24) is 10.3 Å². The molecular weight excluding hydrogens is 194 g/mol. The lowest BCUT2D eigenvalue weighted by atomic mass is 10.3. The number of nitrogens with one attached hydrogen (secondary N) is 1. The molecule has 1 aromatic rings. The molecule has 1 aromatic heterocycles. The van der Waals surface area contributed by atoms with E-state index in [1.165, 1.54) is 11.3 Å². The molecule has 1 aliphatic heterocycles. The second-order valence-electron chi connectivity index (χ2n) is 2.49. The number of thiazole rings is 1. The van der Waals surface area contributed by atoms with E-state index >= 15 is 0 Å². The molecule has 3 nitrogen and oxygen atoms in total. The van der Waals surface area contributed by atoms with E-state index in [1.807, 2.05) is 0 Å². The maximum absolute atomic E-state index is 5.70. The minimum atomic E-state index is 0.570. The Morgan fingerprint density at radius 1 is 1.58 bits per heavy atom. The summed E-state index contributed by atoms with van der Waals surface area (Å²) in [6.07, 6.45) is 2.86. The Kier molecular flexibility index (Phi) is 2.28. The van der Waals surface area contributed by atoms with Crippen molar-refractivity contribution in [2.75, 3.05) is 13.1 Å². The van der Waals surface area contributed by atoms with Crippen LogP contribution in [0.25, 0.3) is 0 Å². The first kappa shape index (κ1) is 8.01. The second kappa shape index (κ2) is 3.41. The average molecular weight is 202 g/mol. The van der Waals surface area contributed by atoms with Crippen molar-refractivity contribution in [3.63, 3.8) is 0 Å². The van der Waals surface area contributed by atoms with Gasteiger partial charge in [-0.3, -0.25) is 4.99 Å². The highest BCUT2D eigenvalue weighted by atomic mass is 35.5. The monoisotopic (exact) mass is 201 g/mol. The van der Waals surface area contributed by atoms with Crippen molar-refractivity contribution in [1.29, 1.82) is 0 Å². The molecule has 0 saturated heterocycles. The number of nitrogens with zero attached hydrogens (tertiary/aromatic N) is 2. The van der Waals surface area contributed by atoms with Gasteiger partial charge >= 0.3 is 0 Å². The fourth-order valence-corrected chi connectivity index (χ4v) is 1.98. The van der Waals surface area contributed by atoms with Crippen LogP contribution in [0, 0.1) is 0 Å². The summed E-state index contributed by atoms with van der Waals surface area (Å²) in [6.45, 7) is 1.90. The summed E-state index contributed by atoms with van der Waals surface area (Å²) < 4.78 is 0.570. The van der Waals surface area contributed by atoms with E-state index in [1.54, 1.807) is 6.20 Å². The summed E-state index contributed by atoms with van der Waals surface area (Å²) >= 11 is 7.16. The Labute approximate surface area is 79.5 Å². The van der Waals surface area contributed by atoms with Gasteiger partial charge in [-0.25, -0.2) is 4.98 Å². The maximum Gasteiger partial charge on any atom is 0.184 e. The first-order valence-electron chi connectivity index (χ1n) is 3.76. The van der Waals surface area contributed by atoms with Crippen LogP contribution >= 0.6 is 22.9 Å². The Morgan fingerprint density at radius 3 is 3.08 bits per heavy atom. The van der Waals surface area contributed by atoms with E-state index in [0.717, 1.165) is 30.2 Å². The van der Waals surface area contributed by atoms with Crippen molar-refractivity contribution < 1.29 is 0 Å². The Bertz CT molecular complexity index is 307. The smallest absolute Gasteiger partial charge is 0.184 e. The zero-order chi connectivity index (χ0) is 8.39. The number of aromatic nitrogens is 1. The summed E-state index contributed by atoms with van der Waals surface area (Å²) in [4.78, 5) is 9.31. The summed E-state index contributed by atoms with van der Waals surface area (Å²) in [6, 6.07) is 0. The third kappa shape index (κ3) is 1.59. The van der Waals surface area contributed by atoms with Gasteiger partial charge in [0, 0.05) is 13.1 Å². The molecule has 0 bridgehead atoms. The van der Waals surface area contributed by atoms with Crippen LogP contribution in [0.15, 0.2) is 11.2 Å². The molecule has 0 unspecified atom stereocenters. The van der Waals surface area contributed by atoms with E-state index in [9.17, 15) is 0 Å². The standard InChI is InChI=1S/C7H8ClN3S/c8-7-11-4-5(12-7)6-9-2-1-3-10-6/h4H,1-3H2,(H,9,10). The molecule has 0 radical (unpaired) electrons. The van der Waals surface area contributed by atoms with Gasteiger partial charge in [-0.2, -0.15) is 0 Å². The maximum atomic E-state index is 5.70. The van der Waals surface area contributed by atoms with Gasteiger partial charge in [-0.15, -0.1) is 0 Å². The molecule has 1 N–H and O–H groups in total. The lowest BCUT2D eigenvalue weighted by Crippen LogP contribution is -2.29. The third-order valence-corrected chi connectivity index (χ3v) is 2.73. The molecule has 0 aromatic carbocycles. The Balaban J connectivity index is 2.23. The zero-order valence-corrected chi connectivity index (χ0v) is 7.95. The normalized spacial score (nSPS) is 16.9. The van der Waals surface area contributed by atoms with E-state index in [2.05, 4.69) is 15.3 Å². The van der Waals surface area contributed by atoms with Crippen LogP contribution in [0.4, 0.5) is 0 Å². The van der Waals surface area contributed by atoms with Gasteiger partial charge in [-0.05, 0) is 6.42 Å². The first-order valence-corrected chi connectivity index (χ1v) is 4.96. The summed E-state index contributed by atoms with van der Waals surface area (Å²) in [5.41, 5.74) is 0. The molecule has 2 rings (SSSR count). The number of aliphatic imine (C=N–C) groups is 1. The number of amidine groups is 1. The van der Waals surface area contributed by atoms with Gasteiger partial charge in [-0.1, -0.05) is 22.9 Å². The second-order valence-corrected chi connectivity index (χ2v) is 4.10. The van der Waals surface area contributed by atoms with Crippen molar-refractivity contribution in [2.45, 2.75) is 6.42 Å². The first-order chi connectivity index (χ1) is 5.86. The van der Waals surface area contributed by atoms with Crippen molar-refractivity contribution in [2.24, 2.45) is 4.99 Å². The highest BCUT2D eigenvalue weighted by Gasteiger charge is 2.09. The predicted molar refractivity (Wildman–Crippen MR) is 51.1 cm³/mol. The van der Waals surface area contributed by atoms with Crippen LogP contribution in [-0.2, 0) is 0 Å². The minimum Gasteiger partial charge on any atom is -0.369 e. The SMILES string of the molecule is Clc1ncc(C2=NCCCN2)s1. The fraction of sp³-hybridized carbons (Fsp3) is 0.429. The van der Waals surface area contributed by atoms with Crippen LogP contribution < -0.4 is 5.32 Å².